The Hall–Kier alpha value is -3.46. The molecule has 0 unspecified atom stereocenters. The summed E-state index contributed by atoms with van der Waals surface area (Å²) in [5, 5.41) is 7.00. The number of para-hydroxylation sites is 1. The van der Waals surface area contributed by atoms with E-state index in [0.29, 0.717) is 16.9 Å². The van der Waals surface area contributed by atoms with Crippen LogP contribution in [0.5, 0.6) is 5.75 Å². The summed E-state index contributed by atoms with van der Waals surface area (Å²) in [4.78, 5) is 12.8. The Morgan fingerprint density at radius 2 is 1.97 bits per heavy atom. The fourth-order valence-corrected chi connectivity index (χ4v) is 2.94. The number of nitrogens with zero attached hydrogens (tertiary/aromatic N) is 3. The van der Waals surface area contributed by atoms with Crippen molar-refractivity contribution in [2.45, 2.75) is 6.92 Å². The van der Waals surface area contributed by atoms with Crippen LogP contribution in [0.3, 0.4) is 0 Å². The number of ether oxygens (including phenoxy) is 1. The molecule has 2 N–H and O–H groups in total. The Morgan fingerprint density at radius 1 is 1.24 bits per heavy atom. The highest BCUT2D eigenvalue weighted by Crippen LogP contribution is 2.17. The first-order valence-electron chi connectivity index (χ1n) is 8.70. The molecule has 1 heterocycles. The van der Waals surface area contributed by atoms with Gasteiger partial charge in [0.25, 0.3) is 5.56 Å². The molecule has 7 nitrogen and oxygen atoms in total. The second kappa shape index (κ2) is 8.70. The third kappa shape index (κ3) is 4.35. The van der Waals surface area contributed by atoms with Crippen LogP contribution >= 0.6 is 12.2 Å². The van der Waals surface area contributed by atoms with Crippen molar-refractivity contribution in [3.05, 3.63) is 76.0 Å². The highest BCUT2D eigenvalue weighted by atomic mass is 32.1. The van der Waals surface area contributed by atoms with E-state index in [1.54, 1.807) is 22.5 Å². The van der Waals surface area contributed by atoms with Gasteiger partial charge in [0.15, 0.2) is 16.7 Å². The normalized spacial score (nSPS) is 10.9. The van der Waals surface area contributed by atoms with Crippen LogP contribution in [0.4, 0.5) is 10.1 Å². The molecule has 0 aliphatic carbocycles. The molecular formula is C20H20FN5O2S. The lowest BCUT2D eigenvalue weighted by Gasteiger charge is -2.07. The average Bonchev–Trinajstić information content (AvgIpc) is 2.92. The Balaban J connectivity index is 1.73. The van der Waals surface area contributed by atoms with Gasteiger partial charge in [-0.25, -0.2) is 9.07 Å². The summed E-state index contributed by atoms with van der Waals surface area (Å²) < 4.78 is 21.9. The Kier molecular flexibility index (Phi) is 6.08. The number of nitrogens with one attached hydrogen (secondary N) is 2. The second-order valence-corrected chi connectivity index (χ2v) is 6.56. The first-order valence-corrected chi connectivity index (χ1v) is 9.11. The van der Waals surface area contributed by atoms with Crippen LogP contribution in [0.25, 0.3) is 5.69 Å². The van der Waals surface area contributed by atoms with Gasteiger partial charge in [-0.3, -0.25) is 14.9 Å². The molecular weight excluding hydrogens is 393 g/mol. The molecule has 0 aliphatic heterocycles. The third-order valence-electron chi connectivity index (χ3n) is 4.35. The van der Waals surface area contributed by atoms with Gasteiger partial charge in [-0.05, 0) is 55.0 Å². The van der Waals surface area contributed by atoms with Crippen molar-refractivity contribution in [2.24, 2.45) is 12.1 Å². The molecule has 0 atom stereocenters. The summed E-state index contributed by atoms with van der Waals surface area (Å²) in [7, 11) is 3.19. The van der Waals surface area contributed by atoms with E-state index >= 15 is 0 Å². The van der Waals surface area contributed by atoms with Crippen LogP contribution in [0, 0.1) is 12.7 Å². The minimum absolute atomic E-state index is 0.140. The maximum Gasteiger partial charge on any atom is 0.295 e. The van der Waals surface area contributed by atoms with Crippen LogP contribution in [0.1, 0.15) is 11.3 Å². The molecule has 0 amide bonds. The van der Waals surface area contributed by atoms with Crippen molar-refractivity contribution < 1.29 is 9.13 Å². The summed E-state index contributed by atoms with van der Waals surface area (Å²) in [5.74, 6) is -0.333. The lowest BCUT2D eigenvalue weighted by molar-refractivity contribution is 0.386. The molecule has 2 aromatic carbocycles. The number of hydrogen-bond donors (Lipinski definition) is 2. The predicted molar refractivity (Wildman–Crippen MR) is 116 cm³/mol. The minimum atomic E-state index is -0.487. The van der Waals surface area contributed by atoms with Gasteiger partial charge in [0.2, 0.25) is 0 Å². The number of hydrazone groups is 1. The zero-order valence-corrected chi connectivity index (χ0v) is 17.0. The number of aromatic nitrogens is 2. The van der Waals surface area contributed by atoms with E-state index in [0.717, 1.165) is 5.69 Å². The second-order valence-electron chi connectivity index (χ2n) is 6.15. The molecule has 29 heavy (non-hydrogen) atoms. The van der Waals surface area contributed by atoms with Gasteiger partial charge >= 0.3 is 0 Å². The molecule has 0 saturated heterocycles. The fraction of sp³-hybridized carbons (Fsp3) is 0.150. The topological polar surface area (TPSA) is 72.6 Å². The van der Waals surface area contributed by atoms with Gasteiger partial charge in [0.1, 0.15) is 5.69 Å². The lowest BCUT2D eigenvalue weighted by Crippen LogP contribution is -2.28. The van der Waals surface area contributed by atoms with Crippen LogP contribution in [-0.4, -0.2) is 27.8 Å². The first-order chi connectivity index (χ1) is 13.9. The SMILES string of the molecule is COc1ccc(/C=N\NC(=S)Nc2c(C)n(C)n(-c3ccccc3)c2=O)cc1F. The molecule has 0 aliphatic rings. The standard InChI is InChI=1S/C20H20FN5O2S/c1-13-18(19(27)26(25(13)2)15-7-5-4-6-8-15)23-20(29)24-22-12-14-9-10-17(28-3)16(21)11-14/h4-12H,1-3H3,(H2,23,24,29)/b22-12-. The minimum Gasteiger partial charge on any atom is -0.494 e. The van der Waals surface area contributed by atoms with Crippen molar-refractivity contribution in [3.63, 3.8) is 0 Å². The zero-order chi connectivity index (χ0) is 21.0. The largest absolute Gasteiger partial charge is 0.494 e. The average molecular weight is 413 g/mol. The van der Waals surface area contributed by atoms with Gasteiger partial charge in [-0.2, -0.15) is 5.10 Å². The first kappa shape index (κ1) is 20.3. The molecule has 0 fully saturated rings. The van der Waals surface area contributed by atoms with Crippen molar-refractivity contribution in [1.29, 1.82) is 0 Å². The number of rotatable bonds is 5. The van der Waals surface area contributed by atoms with E-state index in [1.165, 1.54) is 25.5 Å². The van der Waals surface area contributed by atoms with Crippen LogP contribution in [0.15, 0.2) is 58.4 Å². The van der Waals surface area contributed by atoms with Gasteiger partial charge in [0, 0.05) is 7.05 Å². The van der Waals surface area contributed by atoms with Crippen molar-refractivity contribution in [1.82, 2.24) is 14.8 Å². The summed E-state index contributed by atoms with van der Waals surface area (Å²) in [6.45, 7) is 1.81. The molecule has 0 bridgehead atoms. The Bertz CT molecular complexity index is 1120. The number of benzene rings is 2. The number of hydrogen-bond acceptors (Lipinski definition) is 4. The molecule has 3 rings (SSSR count). The smallest absolute Gasteiger partial charge is 0.295 e. The van der Waals surface area contributed by atoms with E-state index < -0.39 is 5.82 Å². The van der Waals surface area contributed by atoms with Crippen molar-refractivity contribution in [2.75, 3.05) is 12.4 Å². The number of methoxy groups -OCH3 is 1. The third-order valence-corrected chi connectivity index (χ3v) is 4.54. The molecule has 3 aromatic rings. The molecule has 1 aromatic heterocycles. The number of thiocarbonyl (C=S) groups is 1. The van der Waals surface area contributed by atoms with Crippen LogP contribution in [0.2, 0.25) is 0 Å². The maximum absolute atomic E-state index is 13.7. The molecule has 150 valence electrons. The van der Waals surface area contributed by atoms with Crippen LogP contribution in [-0.2, 0) is 7.05 Å². The van der Waals surface area contributed by atoms with Gasteiger partial charge < -0.3 is 10.1 Å². The Morgan fingerprint density at radius 3 is 2.62 bits per heavy atom. The molecule has 0 radical (unpaired) electrons. The Labute approximate surface area is 172 Å². The summed E-state index contributed by atoms with van der Waals surface area (Å²) in [5.41, 5.74) is 4.73. The van der Waals surface area contributed by atoms with Gasteiger partial charge in [-0.1, -0.05) is 18.2 Å². The summed E-state index contributed by atoms with van der Waals surface area (Å²) in [6, 6.07) is 13.8. The highest BCUT2D eigenvalue weighted by molar-refractivity contribution is 7.80. The van der Waals surface area contributed by atoms with E-state index in [-0.39, 0.29) is 16.4 Å². The monoisotopic (exact) mass is 413 g/mol. The van der Waals surface area contributed by atoms with E-state index in [2.05, 4.69) is 15.8 Å². The zero-order valence-electron chi connectivity index (χ0n) is 16.1. The van der Waals surface area contributed by atoms with E-state index in [4.69, 9.17) is 17.0 Å². The highest BCUT2D eigenvalue weighted by Gasteiger charge is 2.16. The predicted octanol–water partition coefficient (Wildman–Crippen LogP) is 2.95. The van der Waals surface area contributed by atoms with Crippen LogP contribution < -0.4 is 21.0 Å². The molecule has 0 spiro atoms. The lowest BCUT2D eigenvalue weighted by atomic mass is 10.2. The summed E-state index contributed by atoms with van der Waals surface area (Å²) >= 11 is 5.22. The molecule has 9 heteroatoms. The quantitative estimate of drug-likeness (QED) is 0.382. The van der Waals surface area contributed by atoms with E-state index in [1.807, 2.05) is 37.3 Å². The molecule has 0 saturated carbocycles. The number of halogens is 1. The number of anilines is 1. The van der Waals surface area contributed by atoms with Gasteiger partial charge in [-0.15, -0.1) is 0 Å². The maximum atomic E-state index is 13.7. The fourth-order valence-electron chi connectivity index (χ4n) is 2.78. The van der Waals surface area contributed by atoms with E-state index in [9.17, 15) is 9.18 Å². The van der Waals surface area contributed by atoms with Gasteiger partial charge in [0.05, 0.1) is 24.7 Å². The van der Waals surface area contributed by atoms with Crippen molar-refractivity contribution >= 4 is 29.2 Å². The summed E-state index contributed by atoms with van der Waals surface area (Å²) in [6.07, 6.45) is 1.41. The van der Waals surface area contributed by atoms with Crippen molar-refractivity contribution in [3.8, 4) is 11.4 Å².